The van der Waals surface area contributed by atoms with Crippen LogP contribution < -0.4 is 24.8 Å². The van der Waals surface area contributed by atoms with Crippen LogP contribution in [-0.2, 0) is 27.9 Å². The fraction of sp³-hybridized carbons (Fsp3) is 0.280. The maximum Gasteiger partial charge on any atom is 0.266 e. The molecule has 0 aliphatic carbocycles. The molecule has 2 amide bonds. The number of sulfonamides is 1. The summed E-state index contributed by atoms with van der Waals surface area (Å²) in [7, 11) is -0.0359. The molecule has 4 rings (SSSR count). The molecule has 2 heterocycles. The van der Waals surface area contributed by atoms with E-state index in [-0.39, 0.29) is 33.5 Å². The third kappa shape index (κ3) is 5.95. The summed E-state index contributed by atoms with van der Waals surface area (Å²) in [5.41, 5.74) is 2.03. The fourth-order valence-corrected chi connectivity index (χ4v) is 5.07. The molecule has 0 radical (unpaired) electrons. The van der Waals surface area contributed by atoms with Crippen LogP contribution in [0.4, 0.5) is 5.82 Å². The number of carbonyl (C=O) groups excluding carboxylic acids is 2. The molecule has 13 nitrogen and oxygen atoms in total. The molecule has 0 saturated heterocycles. The normalized spacial score (nSPS) is 11.3. The van der Waals surface area contributed by atoms with E-state index in [2.05, 4.69) is 25.6 Å². The van der Waals surface area contributed by atoms with E-state index < -0.39 is 15.9 Å². The van der Waals surface area contributed by atoms with Crippen molar-refractivity contribution >= 4 is 38.6 Å². The van der Waals surface area contributed by atoms with E-state index >= 15 is 0 Å². The first-order chi connectivity index (χ1) is 18.7. The fourth-order valence-electron chi connectivity index (χ4n) is 3.86. The quantitative estimate of drug-likeness (QED) is 0.251. The van der Waals surface area contributed by atoms with Gasteiger partial charge in [-0.25, -0.2) is 8.42 Å². The Bertz CT molecular complexity index is 1630. The number of ether oxygens (including phenoxy) is 2. The molecule has 0 bridgehead atoms. The lowest BCUT2D eigenvalue weighted by molar-refractivity contribution is -0.120. The van der Waals surface area contributed by atoms with Gasteiger partial charge in [0.05, 0.1) is 27.0 Å². The second kappa shape index (κ2) is 11.4. The number of hydrogen-bond acceptors (Lipinski definition) is 9. The summed E-state index contributed by atoms with van der Waals surface area (Å²) in [6, 6.07) is 7.49. The van der Waals surface area contributed by atoms with Crippen LogP contribution in [0.25, 0.3) is 11.0 Å². The summed E-state index contributed by atoms with van der Waals surface area (Å²) in [5.74, 6) is -0.216. The van der Waals surface area contributed by atoms with Gasteiger partial charge in [0.25, 0.3) is 15.9 Å². The standard InChI is InChI=1S/C25H28N6O7S/c1-5-22(32)27-11-16-12-28-31(14-16)13-15-8-19(37-4)23-20(9-15)38-29-24(23)30-39(34,35)21-10-17(25(33)26-2)6-7-18(21)36-3/h6-10,12,14H,5,11,13H2,1-4H3,(H,26,33)(H,27,32)(H,29,30). The molecular weight excluding hydrogens is 528 g/mol. The second-order valence-corrected chi connectivity index (χ2v) is 10.1. The minimum absolute atomic E-state index is 0.0463. The smallest absolute Gasteiger partial charge is 0.266 e. The van der Waals surface area contributed by atoms with Gasteiger partial charge in [0.1, 0.15) is 21.8 Å². The molecule has 0 aliphatic heterocycles. The second-order valence-electron chi connectivity index (χ2n) is 8.43. The van der Waals surface area contributed by atoms with Gasteiger partial charge in [-0.15, -0.1) is 0 Å². The van der Waals surface area contributed by atoms with Crippen molar-refractivity contribution in [3.05, 3.63) is 59.4 Å². The first-order valence-electron chi connectivity index (χ1n) is 11.9. The van der Waals surface area contributed by atoms with Gasteiger partial charge in [-0.2, -0.15) is 5.10 Å². The van der Waals surface area contributed by atoms with E-state index in [9.17, 15) is 18.0 Å². The van der Waals surface area contributed by atoms with E-state index in [0.29, 0.717) is 30.6 Å². The number of rotatable bonds is 11. The van der Waals surface area contributed by atoms with Crippen molar-refractivity contribution in [2.75, 3.05) is 26.0 Å². The summed E-state index contributed by atoms with van der Waals surface area (Å²) in [4.78, 5) is 23.3. The van der Waals surface area contributed by atoms with Crippen molar-refractivity contribution in [2.24, 2.45) is 0 Å². The molecule has 0 atom stereocenters. The van der Waals surface area contributed by atoms with Crippen LogP contribution in [-0.4, -0.2) is 56.4 Å². The van der Waals surface area contributed by atoms with Gasteiger partial charge >= 0.3 is 0 Å². The van der Waals surface area contributed by atoms with Crippen molar-refractivity contribution < 1.29 is 32.0 Å². The highest BCUT2D eigenvalue weighted by molar-refractivity contribution is 7.92. The Morgan fingerprint density at radius 3 is 2.54 bits per heavy atom. The molecule has 0 aliphatic rings. The Balaban J connectivity index is 1.62. The molecule has 3 N–H and O–H groups in total. The Labute approximate surface area is 224 Å². The predicted molar refractivity (Wildman–Crippen MR) is 141 cm³/mol. The summed E-state index contributed by atoms with van der Waals surface area (Å²) in [6.45, 7) is 2.51. The van der Waals surface area contributed by atoms with E-state index in [1.165, 1.54) is 39.5 Å². The average Bonchev–Trinajstić information content (AvgIpc) is 3.56. The Morgan fingerprint density at radius 2 is 1.85 bits per heavy atom. The minimum atomic E-state index is -4.25. The number of nitrogens with zero attached hydrogens (tertiary/aromatic N) is 3. The molecule has 2 aromatic carbocycles. The summed E-state index contributed by atoms with van der Waals surface area (Å²) in [6.07, 6.45) is 3.88. The van der Waals surface area contributed by atoms with Crippen LogP contribution in [0.3, 0.4) is 0 Å². The third-order valence-electron chi connectivity index (χ3n) is 5.83. The van der Waals surface area contributed by atoms with Gasteiger partial charge in [0, 0.05) is 37.3 Å². The highest BCUT2D eigenvalue weighted by atomic mass is 32.2. The monoisotopic (exact) mass is 556 g/mol. The van der Waals surface area contributed by atoms with Crippen molar-refractivity contribution in [1.29, 1.82) is 0 Å². The zero-order chi connectivity index (χ0) is 28.2. The maximum absolute atomic E-state index is 13.3. The van der Waals surface area contributed by atoms with Crippen LogP contribution in [0.2, 0.25) is 0 Å². The average molecular weight is 557 g/mol. The molecule has 0 unspecified atom stereocenters. The molecule has 39 heavy (non-hydrogen) atoms. The first kappa shape index (κ1) is 27.4. The van der Waals surface area contributed by atoms with Gasteiger partial charge in [-0.05, 0) is 35.9 Å². The highest BCUT2D eigenvalue weighted by Crippen LogP contribution is 2.36. The van der Waals surface area contributed by atoms with E-state index in [1.54, 1.807) is 29.9 Å². The lowest BCUT2D eigenvalue weighted by Gasteiger charge is -2.12. The van der Waals surface area contributed by atoms with Crippen molar-refractivity contribution in [3.8, 4) is 11.5 Å². The lowest BCUT2D eigenvalue weighted by atomic mass is 10.1. The topological polar surface area (TPSA) is 167 Å². The summed E-state index contributed by atoms with van der Waals surface area (Å²) >= 11 is 0. The van der Waals surface area contributed by atoms with Crippen molar-refractivity contribution in [2.45, 2.75) is 31.3 Å². The number of benzene rings is 2. The molecule has 2 aromatic heterocycles. The largest absolute Gasteiger partial charge is 0.496 e. The number of carbonyl (C=O) groups is 2. The Hall–Kier alpha value is -4.59. The van der Waals surface area contributed by atoms with E-state index in [1.807, 2.05) is 6.20 Å². The van der Waals surface area contributed by atoms with E-state index in [4.69, 9.17) is 14.0 Å². The van der Waals surface area contributed by atoms with Crippen LogP contribution in [0.15, 0.2) is 52.1 Å². The molecular formula is C25H28N6O7S. The van der Waals surface area contributed by atoms with Gasteiger partial charge in [-0.3, -0.25) is 19.0 Å². The van der Waals surface area contributed by atoms with Gasteiger partial charge in [0.15, 0.2) is 11.4 Å². The number of aromatic nitrogens is 3. The zero-order valence-corrected chi connectivity index (χ0v) is 22.6. The molecule has 4 aromatic rings. The molecule has 14 heteroatoms. The first-order valence-corrected chi connectivity index (χ1v) is 13.3. The molecule has 0 spiro atoms. The zero-order valence-electron chi connectivity index (χ0n) is 21.8. The summed E-state index contributed by atoms with van der Waals surface area (Å²) < 4.78 is 46.9. The number of hydrogen-bond donors (Lipinski definition) is 3. The molecule has 206 valence electrons. The van der Waals surface area contributed by atoms with Gasteiger partial charge in [0.2, 0.25) is 5.91 Å². The number of nitrogens with one attached hydrogen (secondary N) is 3. The SMILES string of the molecule is CCC(=O)NCc1cnn(Cc2cc(OC)c3c(NS(=O)(=O)c4cc(C(=O)NC)ccc4OC)noc3c2)c1. The van der Waals surface area contributed by atoms with Crippen LogP contribution in [0.5, 0.6) is 11.5 Å². The highest BCUT2D eigenvalue weighted by Gasteiger charge is 2.26. The number of methoxy groups -OCH3 is 2. The summed E-state index contributed by atoms with van der Waals surface area (Å²) in [5, 5.41) is 13.8. The lowest BCUT2D eigenvalue weighted by Crippen LogP contribution is -2.21. The number of amides is 2. The maximum atomic E-state index is 13.3. The van der Waals surface area contributed by atoms with Gasteiger partial charge in [-0.1, -0.05) is 12.1 Å². The number of anilines is 1. The van der Waals surface area contributed by atoms with E-state index in [0.717, 1.165) is 11.1 Å². The minimum Gasteiger partial charge on any atom is -0.496 e. The van der Waals surface area contributed by atoms with Crippen molar-refractivity contribution in [1.82, 2.24) is 25.6 Å². The predicted octanol–water partition coefficient (Wildman–Crippen LogP) is 2.28. The Morgan fingerprint density at radius 1 is 1.08 bits per heavy atom. The van der Waals surface area contributed by atoms with Crippen LogP contribution in [0, 0.1) is 0 Å². The van der Waals surface area contributed by atoms with Crippen LogP contribution in [0.1, 0.15) is 34.8 Å². The Kier molecular flexibility index (Phi) is 8.04. The molecule has 0 saturated carbocycles. The van der Waals surface area contributed by atoms with Crippen LogP contribution >= 0.6 is 0 Å². The van der Waals surface area contributed by atoms with Gasteiger partial charge < -0.3 is 24.6 Å². The number of fused-ring (bicyclic) bond motifs is 1. The third-order valence-corrected chi connectivity index (χ3v) is 7.19. The molecule has 0 fully saturated rings. The van der Waals surface area contributed by atoms with Crippen molar-refractivity contribution in [3.63, 3.8) is 0 Å².